The van der Waals surface area contributed by atoms with Gasteiger partial charge in [0, 0.05) is 19.5 Å². The number of cyclic esters (lactones) is 2. The van der Waals surface area contributed by atoms with Crippen LogP contribution in [0, 0.1) is 6.92 Å². The van der Waals surface area contributed by atoms with Crippen molar-refractivity contribution in [2.75, 3.05) is 12.4 Å². The lowest BCUT2D eigenvalue weighted by Gasteiger charge is -2.30. The van der Waals surface area contributed by atoms with Gasteiger partial charge in [0.05, 0.1) is 7.11 Å². The Morgan fingerprint density at radius 3 is 2.10 bits per heavy atom. The molecule has 1 aliphatic heterocycles. The average molecular weight is 291 g/mol. The molecule has 6 nitrogen and oxygen atoms in total. The summed E-state index contributed by atoms with van der Waals surface area (Å²) in [6.45, 7) is 4.93. The number of methoxy groups -OCH3 is 1. The van der Waals surface area contributed by atoms with Gasteiger partial charge in [0.1, 0.15) is 0 Å². The lowest BCUT2D eigenvalue weighted by atomic mass is 10.2. The number of anilines is 1. The molecule has 1 aromatic rings. The molecule has 6 heteroatoms. The number of esters is 2. The molecule has 1 aliphatic rings. The number of rotatable bonds is 3. The maximum atomic E-state index is 12.0. The van der Waals surface area contributed by atoms with Crippen molar-refractivity contribution >= 4 is 17.6 Å². The van der Waals surface area contributed by atoms with Gasteiger partial charge in [0.2, 0.25) is 11.5 Å². The number of hydrogen-bond donors (Lipinski definition) is 1. The Kier molecular flexibility index (Phi) is 3.88. The van der Waals surface area contributed by atoms with Gasteiger partial charge in [-0.15, -0.1) is 0 Å². The van der Waals surface area contributed by atoms with Crippen LogP contribution in [0.15, 0.2) is 35.7 Å². The van der Waals surface area contributed by atoms with E-state index in [0.29, 0.717) is 5.69 Å². The molecule has 1 saturated heterocycles. The van der Waals surface area contributed by atoms with E-state index in [4.69, 9.17) is 14.2 Å². The zero-order valence-corrected chi connectivity index (χ0v) is 12.4. The Labute approximate surface area is 122 Å². The third kappa shape index (κ3) is 3.34. The van der Waals surface area contributed by atoms with Crippen molar-refractivity contribution in [3.05, 3.63) is 41.3 Å². The van der Waals surface area contributed by atoms with Crippen LogP contribution < -0.4 is 5.32 Å². The van der Waals surface area contributed by atoms with Gasteiger partial charge in [0.15, 0.2) is 0 Å². The van der Waals surface area contributed by atoms with Gasteiger partial charge in [-0.05, 0) is 19.1 Å². The largest absolute Gasteiger partial charge is 0.481 e. The molecule has 1 fully saturated rings. The van der Waals surface area contributed by atoms with Crippen LogP contribution in [0.5, 0.6) is 0 Å². The van der Waals surface area contributed by atoms with E-state index in [9.17, 15) is 9.59 Å². The third-order valence-electron chi connectivity index (χ3n) is 2.83. The zero-order chi connectivity index (χ0) is 15.6. The minimum atomic E-state index is -1.28. The van der Waals surface area contributed by atoms with Crippen molar-refractivity contribution in [1.82, 2.24) is 0 Å². The summed E-state index contributed by atoms with van der Waals surface area (Å²) in [5.41, 5.74) is 1.47. The Bertz CT molecular complexity index is 579. The number of aryl methyl sites for hydroxylation is 1. The monoisotopic (exact) mass is 291 g/mol. The second-order valence-corrected chi connectivity index (χ2v) is 5.08. The molecule has 0 unspecified atom stereocenters. The number of nitrogens with one attached hydrogen (secondary N) is 1. The van der Waals surface area contributed by atoms with Gasteiger partial charge in [-0.1, -0.05) is 17.7 Å². The Balaban J connectivity index is 2.32. The van der Waals surface area contributed by atoms with Crippen LogP contribution in [-0.2, 0) is 23.8 Å². The normalized spacial score (nSPS) is 16.9. The van der Waals surface area contributed by atoms with E-state index in [1.54, 1.807) is 12.1 Å². The number of carbonyl (C=O) groups is 2. The molecule has 2 rings (SSSR count). The number of benzene rings is 1. The first-order chi connectivity index (χ1) is 9.82. The summed E-state index contributed by atoms with van der Waals surface area (Å²) in [5.74, 6) is -2.86. The SMILES string of the molecule is COC(Nc1ccc(C)cc1)=C1C(=O)OC(C)(C)OC1=O. The van der Waals surface area contributed by atoms with Crippen LogP contribution in [0.4, 0.5) is 5.69 Å². The van der Waals surface area contributed by atoms with Crippen LogP contribution in [0.2, 0.25) is 0 Å². The maximum Gasteiger partial charge on any atom is 0.354 e. The molecule has 0 radical (unpaired) electrons. The van der Waals surface area contributed by atoms with E-state index in [1.807, 2.05) is 19.1 Å². The van der Waals surface area contributed by atoms with Crippen molar-refractivity contribution in [1.29, 1.82) is 0 Å². The topological polar surface area (TPSA) is 73.9 Å². The molecular formula is C15H17NO5. The highest BCUT2D eigenvalue weighted by Gasteiger charge is 2.41. The molecule has 0 saturated carbocycles. The molecular weight excluding hydrogens is 274 g/mol. The lowest BCUT2D eigenvalue weighted by molar-refractivity contribution is -0.222. The number of hydrogen-bond acceptors (Lipinski definition) is 6. The van der Waals surface area contributed by atoms with Crippen LogP contribution in [0.3, 0.4) is 0 Å². The molecule has 112 valence electrons. The molecule has 1 heterocycles. The first-order valence-electron chi connectivity index (χ1n) is 6.41. The summed E-state index contributed by atoms with van der Waals surface area (Å²) in [5, 5.41) is 2.87. The van der Waals surface area contributed by atoms with Gasteiger partial charge in [-0.3, -0.25) is 0 Å². The molecule has 0 bridgehead atoms. The predicted octanol–water partition coefficient (Wildman–Crippen LogP) is 2.10. The molecule has 0 aromatic heterocycles. The van der Waals surface area contributed by atoms with E-state index in [-0.39, 0.29) is 11.5 Å². The molecule has 21 heavy (non-hydrogen) atoms. The average Bonchev–Trinajstić information content (AvgIpc) is 2.37. The predicted molar refractivity (Wildman–Crippen MR) is 75.1 cm³/mol. The van der Waals surface area contributed by atoms with E-state index in [1.165, 1.54) is 21.0 Å². The summed E-state index contributed by atoms with van der Waals surface area (Å²) in [6, 6.07) is 7.39. The molecule has 0 amide bonds. The fraction of sp³-hybridized carbons (Fsp3) is 0.333. The summed E-state index contributed by atoms with van der Waals surface area (Å²) in [4.78, 5) is 23.9. The first kappa shape index (κ1) is 14.9. The second kappa shape index (κ2) is 5.47. The Morgan fingerprint density at radius 1 is 1.10 bits per heavy atom. The first-order valence-corrected chi connectivity index (χ1v) is 6.41. The smallest absolute Gasteiger partial charge is 0.354 e. The summed E-state index contributed by atoms with van der Waals surface area (Å²) < 4.78 is 15.2. The van der Waals surface area contributed by atoms with E-state index < -0.39 is 17.7 Å². The standard InChI is InChI=1S/C15H17NO5/c1-9-5-7-10(8-6-9)16-12(19-4)11-13(17)20-15(2,3)21-14(11)18/h5-8,16H,1-4H3. The minimum Gasteiger partial charge on any atom is -0.481 e. The van der Waals surface area contributed by atoms with Gasteiger partial charge in [-0.2, -0.15) is 0 Å². The van der Waals surface area contributed by atoms with E-state index in [2.05, 4.69) is 5.32 Å². The van der Waals surface area contributed by atoms with Crippen LogP contribution in [0.25, 0.3) is 0 Å². The van der Waals surface area contributed by atoms with Crippen LogP contribution in [-0.4, -0.2) is 24.8 Å². The fourth-order valence-electron chi connectivity index (χ4n) is 1.82. The Hall–Kier alpha value is -2.50. The summed E-state index contributed by atoms with van der Waals surface area (Å²) in [6.07, 6.45) is 0. The maximum absolute atomic E-state index is 12.0. The van der Waals surface area contributed by atoms with Crippen molar-refractivity contribution in [2.24, 2.45) is 0 Å². The minimum absolute atomic E-state index is 0.00986. The molecule has 0 aliphatic carbocycles. The summed E-state index contributed by atoms with van der Waals surface area (Å²) in [7, 11) is 1.35. The quantitative estimate of drug-likeness (QED) is 0.398. The van der Waals surface area contributed by atoms with Crippen molar-refractivity contribution in [3.8, 4) is 0 Å². The van der Waals surface area contributed by atoms with Crippen molar-refractivity contribution in [3.63, 3.8) is 0 Å². The summed E-state index contributed by atoms with van der Waals surface area (Å²) >= 11 is 0. The van der Waals surface area contributed by atoms with Crippen molar-refractivity contribution < 1.29 is 23.8 Å². The molecule has 0 atom stereocenters. The van der Waals surface area contributed by atoms with Crippen LogP contribution >= 0.6 is 0 Å². The highest BCUT2D eigenvalue weighted by molar-refractivity contribution is 6.16. The van der Waals surface area contributed by atoms with E-state index >= 15 is 0 Å². The second-order valence-electron chi connectivity index (χ2n) is 5.08. The van der Waals surface area contributed by atoms with Gasteiger partial charge in [-0.25, -0.2) is 9.59 Å². The molecule has 1 N–H and O–H groups in total. The highest BCUT2D eigenvalue weighted by atomic mass is 16.7. The fourth-order valence-corrected chi connectivity index (χ4v) is 1.82. The molecule has 0 spiro atoms. The number of ether oxygens (including phenoxy) is 3. The lowest BCUT2D eigenvalue weighted by Crippen LogP contribution is -2.43. The van der Waals surface area contributed by atoms with Gasteiger partial charge < -0.3 is 19.5 Å². The van der Waals surface area contributed by atoms with Gasteiger partial charge >= 0.3 is 11.9 Å². The van der Waals surface area contributed by atoms with E-state index in [0.717, 1.165) is 5.56 Å². The van der Waals surface area contributed by atoms with Crippen LogP contribution in [0.1, 0.15) is 19.4 Å². The third-order valence-corrected chi connectivity index (χ3v) is 2.83. The highest BCUT2D eigenvalue weighted by Crippen LogP contribution is 2.25. The Morgan fingerprint density at radius 2 is 1.62 bits per heavy atom. The zero-order valence-electron chi connectivity index (χ0n) is 12.4. The molecule has 1 aromatic carbocycles. The van der Waals surface area contributed by atoms with Crippen molar-refractivity contribution in [2.45, 2.75) is 26.6 Å². The number of carbonyl (C=O) groups excluding carboxylic acids is 2. The van der Waals surface area contributed by atoms with Gasteiger partial charge in [0.25, 0.3) is 5.79 Å².